The number of rotatable bonds is 6. The fourth-order valence-electron chi connectivity index (χ4n) is 3.87. The summed E-state index contributed by atoms with van der Waals surface area (Å²) in [6.45, 7) is 1.69. The number of fused-ring (bicyclic) bond motifs is 1. The molecule has 5 rings (SSSR count). The monoisotopic (exact) mass is 466 g/mol. The van der Waals surface area contributed by atoms with E-state index >= 15 is 0 Å². The van der Waals surface area contributed by atoms with Crippen LogP contribution in [0, 0.1) is 6.92 Å². The fraction of sp³-hybridized carbons (Fsp3) is 0.111. The maximum atomic E-state index is 13.2. The van der Waals surface area contributed by atoms with Crippen LogP contribution in [0.25, 0.3) is 22.6 Å². The van der Waals surface area contributed by atoms with Gasteiger partial charge in [0.25, 0.3) is 5.56 Å². The molecule has 0 aliphatic heterocycles. The van der Waals surface area contributed by atoms with Crippen molar-refractivity contribution in [2.75, 3.05) is 7.11 Å². The molecule has 0 radical (unpaired) electrons. The van der Waals surface area contributed by atoms with Gasteiger partial charge in [0, 0.05) is 23.5 Å². The van der Waals surface area contributed by atoms with Crippen LogP contribution in [0.2, 0.25) is 0 Å². The van der Waals surface area contributed by atoms with Gasteiger partial charge in [0.05, 0.1) is 18.5 Å². The first-order valence-electron chi connectivity index (χ1n) is 11.0. The van der Waals surface area contributed by atoms with Gasteiger partial charge >= 0.3 is 5.97 Å². The maximum absolute atomic E-state index is 13.2. The van der Waals surface area contributed by atoms with Crippen molar-refractivity contribution in [2.45, 2.75) is 13.5 Å². The van der Waals surface area contributed by atoms with E-state index in [0.29, 0.717) is 28.3 Å². The van der Waals surface area contributed by atoms with Crippen molar-refractivity contribution in [1.29, 1.82) is 0 Å². The lowest BCUT2D eigenvalue weighted by Gasteiger charge is -2.08. The van der Waals surface area contributed by atoms with Gasteiger partial charge in [0.15, 0.2) is 0 Å². The van der Waals surface area contributed by atoms with E-state index in [9.17, 15) is 9.59 Å². The number of pyridine rings is 1. The van der Waals surface area contributed by atoms with Crippen LogP contribution in [0.5, 0.6) is 5.75 Å². The van der Waals surface area contributed by atoms with Crippen LogP contribution in [0.3, 0.4) is 0 Å². The Bertz CT molecular complexity index is 1590. The van der Waals surface area contributed by atoms with E-state index in [0.717, 1.165) is 11.4 Å². The van der Waals surface area contributed by atoms with E-state index in [1.54, 1.807) is 24.1 Å². The molecular weight excluding hydrogens is 444 g/mol. The zero-order valence-electron chi connectivity index (χ0n) is 19.2. The van der Waals surface area contributed by atoms with Gasteiger partial charge < -0.3 is 9.47 Å². The number of hydrogen-bond acceptors (Lipinski definition) is 6. The van der Waals surface area contributed by atoms with Crippen molar-refractivity contribution in [3.63, 3.8) is 0 Å². The summed E-state index contributed by atoms with van der Waals surface area (Å²) in [5, 5.41) is 4.66. The second-order valence-corrected chi connectivity index (χ2v) is 7.93. The molecule has 0 N–H and O–H groups in total. The lowest BCUT2D eigenvalue weighted by atomic mass is 10.1. The third-order valence-corrected chi connectivity index (χ3v) is 5.58. The number of carbonyl (C=O) groups is 1. The van der Waals surface area contributed by atoms with E-state index < -0.39 is 5.97 Å². The molecule has 3 heterocycles. The summed E-state index contributed by atoms with van der Waals surface area (Å²) in [7, 11) is 1.58. The largest absolute Gasteiger partial charge is 0.497 e. The minimum Gasteiger partial charge on any atom is -0.497 e. The Morgan fingerprint density at radius 1 is 0.971 bits per heavy atom. The van der Waals surface area contributed by atoms with Crippen LogP contribution in [0.4, 0.5) is 0 Å². The highest BCUT2D eigenvalue weighted by molar-refractivity contribution is 5.96. The average molecular weight is 466 g/mol. The van der Waals surface area contributed by atoms with Crippen molar-refractivity contribution in [2.24, 2.45) is 0 Å². The van der Waals surface area contributed by atoms with Gasteiger partial charge in [-0.3, -0.25) is 9.20 Å². The zero-order valence-corrected chi connectivity index (χ0v) is 19.2. The van der Waals surface area contributed by atoms with Gasteiger partial charge in [0.1, 0.15) is 29.3 Å². The van der Waals surface area contributed by atoms with Crippen LogP contribution in [-0.2, 0) is 11.3 Å². The molecule has 0 unspecified atom stereocenters. The standard InChI is InChI=1S/C27H22N4O4/c1-18-8-6-13-24-28-20(15-25(32)31(18)24)17-35-27(33)23-16-30(21-10-4-3-5-11-21)29-26(23)19-9-7-12-22(14-19)34-2/h3-16H,17H2,1-2H3. The van der Waals surface area contributed by atoms with Crippen LogP contribution in [-0.4, -0.2) is 32.2 Å². The lowest BCUT2D eigenvalue weighted by Crippen LogP contribution is -2.18. The predicted octanol–water partition coefficient (Wildman–Crippen LogP) is 4.22. The zero-order chi connectivity index (χ0) is 24.4. The highest BCUT2D eigenvalue weighted by Crippen LogP contribution is 2.27. The molecule has 8 heteroatoms. The Morgan fingerprint density at radius 3 is 2.57 bits per heavy atom. The number of esters is 1. The normalized spacial score (nSPS) is 10.9. The molecule has 0 aliphatic carbocycles. The van der Waals surface area contributed by atoms with Crippen molar-refractivity contribution in [3.05, 3.63) is 112 Å². The minimum atomic E-state index is -0.573. The second kappa shape index (κ2) is 9.26. The molecule has 174 valence electrons. The lowest BCUT2D eigenvalue weighted by molar-refractivity contribution is 0.0468. The molecule has 5 aromatic rings. The SMILES string of the molecule is COc1cccc(-c2nn(-c3ccccc3)cc2C(=O)OCc2cc(=O)n3c(C)cccc3n2)c1. The first kappa shape index (κ1) is 22.1. The molecule has 8 nitrogen and oxygen atoms in total. The Labute approximate surface area is 201 Å². The maximum Gasteiger partial charge on any atom is 0.342 e. The van der Waals surface area contributed by atoms with Crippen LogP contribution in [0.15, 0.2) is 89.9 Å². The highest BCUT2D eigenvalue weighted by atomic mass is 16.5. The molecule has 0 bridgehead atoms. The van der Waals surface area contributed by atoms with Gasteiger partial charge in [-0.25, -0.2) is 14.5 Å². The molecule has 0 fully saturated rings. The molecule has 0 saturated carbocycles. The molecule has 0 atom stereocenters. The summed E-state index contributed by atoms with van der Waals surface area (Å²) < 4.78 is 14.1. The molecular formula is C27H22N4O4. The first-order chi connectivity index (χ1) is 17.0. The van der Waals surface area contributed by atoms with Crippen molar-refractivity contribution >= 4 is 11.6 Å². The number of benzene rings is 2. The predicted molar refractivity (Wildman–Crippen MR) is 131 cm³/mol. The van der Waals surface area contributed by atoms with E-state index in [4.69, 9.17) is 9.47 Å². The molecule has 0 saturated heterocycles. The minimum absolute atomic E-state index is 0.146. The number of nitrogens with zero attached hydrogens (tertiary/aromatic N) is 4. The van der Waals surface area contributed by atoms with Crippen molar-refractivity contribution in [3.8, 4) is 22.7 Å². The van der Waals surface area contributed by atoms with E-state index in [1.807, 2.05) is 73.7 Å². The summed E-state index contributed by atoms with van der Waals surface area (Å²) >= 11 is 0. The van der Waals surface area contributed by atoms with Crippen LogP contribution >= 0.6 is 0 Å². The number of methoxy groups -OCH3 is 1. The van der Waals surface area contributed by atoms with Gasteiger partial charge in [-0.2, -0.15) is 5.10 Å². The van der Waals surface area contributed by atoms with Crippen molar-refractivity contribution < 1.29 is 14.3 Å². The summed E-state index contributed by atoms with van der Waals surface area (Å²) in [4.78, 5) is 30.2. The van der Waals surface area contributed by atoms with E-state index in [1.165, 1.54) is 10.5 Å². The number of para-hydroxylation sites is 1. The number of aromatic nitrogens is 4. The molecule has 35 heavy (non-hydrogen) atoms. The Hall–Kier alpha value is -4.72. The molecule has 2 aromatic carbocycles. The quantitative estimate of drug-likeness (QED) is 0.348. The Morgan fingerprint density at radius 2 is 1.77 bits per heavy atom. The van der Waals surface area contributed by atoms with Gasteiger partial charge in [-0.05, 0) is 43.3 Å². The topological polar surface area (TPSA) is 87.7 Å². The fourth-order valence-corrected chi connectivity index (χ4v) is 3.87. The molecule has 3 aromatic heterocycles. The van der Waals surface area contributed by atoms with E-state index in [2.05, 4.69) is 10.1 Å². The second-order valence-electron chi connectivity index (χ2n) is 7.93. The Balaban J connectivity index is 1.48. The smallest absolute Gasteiger partial charge is 0.342 e. The van der Waals surface area contributed by atoms with Crippen molar-refractivity contribution in [1.82, 2.24) is 19.2 Å². The number of carbonyl (C=O) groups excluding carboxylic acids is 1. The number of hydrogen-bond donors (Lipinski definition) is 0. The summed E-state index contributed by atoms with van der Waals surface area (Å²) in [6, 6.07) is 23.6. The van der Waals surface area contributed by atoms with E-state index in [-0.39, 0.29) is 17.7 Å². The van der Waals surface area contributed by atoms with Gasteiger partial charge in [0.2, 0.25) is 0 Å². The first-order valence-corrected chi connectivity index (χ1v) is 11.0. The van der Waals surface area contributed by atoms with Gasteiger partial charge in [-0.1, -0.05) is 36.4 Å². The van der Waals surface area contributed by atoms with Crippen LogP contribution < -0.4 is 10.3 Å². The third kappa shape index (κ3) is 4.41. The van der Waals surface area contributed by atoms with Crippen LogP contribution in [0.1, 0.15) is 21.7 Å². The molecule has 0 spiro atoms. The number of aryl methyl sites for hydroxylation is 1. The summed E-state index contributed by atoms with van der Waals surface area (Å²) in [5.41, 5.74) is 3.67. The highest BCUT2D eigenvalue weighted by Gasteiger charge is 2.21. The Kier molecular flexibility index (Phi) is 5.85. The number of ether oxygens (including phenoxy) is 2. The summed E-state index contributed by atoms with van der Waals surface area (Å²) in [6.07, 6.45) is 1.64. The molecule has 0 amide bonds. The van der Waals surface area contributed by atoms with Gasteiger partial charge in [-0.15, -0.1) is 0 Å². The molecule has 0 aliphatic rings. The average Bonchev–Trinajstić information content (AvgIpc) is 3.33. The summed E-state index contributed by atoms with van der Waals surface area (Å²) in [5.74, 6) is 0.0726. The third-order valence-electron chi connectivity index (χ3n) is 5.58.